The molecular weight excluding hydrogens is 328 g/mol. The Balaban J connectivity index is 1.95. The summed E-state index contributed by atoms with van der Waals surface area (Å²) in [7, 11) is -3.40. The minimum atomic E-state index is -3.40. The van der Waals surface area contributed by atoms with Crippen LogP contribution in [0, 0.1) is 0 Å². The molecule has 1 fully saturated rings. The first-order valence-corrected chi connectivity index (χ1v) is 8.76. The molecule has 1 unspecified atom stereocenters. The van der Waals surface area contributed by atoms with Crippen molar-refractivity contribution in [1.29, 1.82) is 0 Å². The Labute approximate surface area is 123 Å². The van der Waals surface area contributed by atoms with Crippen molar-refractivity contribution in [3.63, 3.8) is 0 Å². The minimum Gasteiger partial charge on any atom is -0.299 e. The van der Waals surface area contributed by atoms with Crippen molar-refractivity contribution in [2.45, 2.75) is 30.7 Å². The van der Waals surface area contributed by atoms with E-state index in [1.165, 1.54) is 12.8 Å². The highest BCUT2D eigenvalue weighted by Gasteiger charge is 2.20. The monoisotopic (exact) mass is 346 g/mol. The summed E-state index contributed by atoms with van der Waals surface area (Å²) in [4.78, 5) is 2.63. The summed E-state index contributed by atoms with van der Waals surface area (Å²) in [6.07, 6.45) is 2.42. The molecule has 1 aromatic carbocycles. The lowest BCUT2D eigenvalue weighted by molar-refractivity contribution is 0.260. The predicted octanol–water partition coefficient (Wildman–Crippen LogP) is 2.21. The van der Waals surface area contributed by atoms with Crippen LogP contribution in [0.2, 0.25) is 0 Å². The third-order valence-corrected chi connectivity index (χ3v) is 5.42. The molecule has 0 saturated carbocycles. The SMILES string of the molecule is CC(CNS(=O)(=O)c1ccc(Br)cc1)N1CCCC1. The Bertz CT molecular complexity index is 510. The molecule has 0 aliphatic carbocycles. The normalized spacial score (nSPS) is 18.6. The summed E-state index contributed by atoms with van der Waals surface area (Å²) in [5.74, 6) is 0. The number of rotatable bonds is 5. The van der Waals surface area contributed by atoms with Crippen molar-refractivity contribution in [1.82, 2.24) is 9.62 Å². The van der Waals surface area contributed by atoms with Gasteiger partial charge in [-0.3, -0.25) is 4.90 Å². The van der Waals surface area contributed by atoms with E-state index in [1.54, 1.807) is 24.3 Å². The molecule has 1 atom stereocenters. The first-order valence-electron chi connectivity index (χ1n) is 6.48. The van der Waals surface area contributed by atoms with Crippen LogP contribution in [0.3, 0.4) is 0 Å². The molecule has 0 bridgehead atoms. The van der Waals surface area contributed by atoms with Crippen molar-refractivity contribution in [3.05, 3.63) is 28.7 Å². The van der Waals surface area contributed by atoms with Crippen molar-refractivity contribution < 1.29 is 8.42 Å². The number of nitrogens with zero attached hydrogens (tertiary/aromatic N) is 1. The van der Waals surface area contributed by atoms with Gasteiger partial charge in [0.25, 0.3) is 0 Å². The zero-order valence-electron chi connectivity index (χ0n) is 11.0. The van der Waals surface area contributed by atoms with Gasteiger partial charge in [0.15, 0.2) is 0 Å². The molecule has 1 heterocycles. The summed E-state index contributed by atoms with van der Waals surface area (Å²) >= 11 is 3.30. The van der Waals surface area contributed by atoms with E-state index < -0.39 is 10.0 Å². The van der Waals surface area contributed by atoms with Crippen molar-refractivity contribution >= 4 is 26.0 Å². The minimum absolute atomic E-state index is 0.243. The van der Waals surface area contributed by atoms with E-state index in [0.717, 1.165) is 17.6 Å². The van der Waals surface area contributed by atoms with Gasteiger partial charge in [-0.15, -0.1) is 0 Å². The molecule has 0 aromatic heterocycles. The number of halogens is 1. The molecule has 1 N–H and O–H groups in total. The Morgan fingerprint density at radius 3 is 2.42 bits per heavy atom. The molecule has 4 nitrogen and oxygen atoms in total. The lowest BCUT2D eigenvalue weighted by Gasteiger charge is -2.23. The first-order chi connectivity index (χ1) is 8.99. The molecule has 1 aliphatic rings. The fourth-order valence-electron chi connectivity index (χ4n) is 2.24. The van der Waals surface area contributed by atoms with E-state index >= 15 is 0 Å². The van der Waals surface area contributed by atoms with Gasteiger partial charge in [0.1, 0.15) is 0 Å². The first kappa shape index (κ1) is 15.0. The van der Waals surface area contributed by atoms with Gasteiger partial charge in [-0.1, -0.05) is 15.9 Å². The second-order valence-corrected chi connectivity index (χ2v) is 7.58. The van der Waals surface area contributed by atoms with Crippen molar-refractivity contribution in [3.8, 4) is 0 Å². The van der Waals surface area contributed by atoms with Crippen LogP contribution in [0.1, 0.15) is 19.8 Å². The van der Waals surface area contributed by atoms with Gasteiger partial charge < -0.3 is 0 Å². The van der Waals surface area contributed by atoms with Gasteiger partial charge >= 0.3 is 0 Å². The summed E-state index contributed by atoms with van der Waals surface area (Å²) < 4.78 is 27.8. The lowest BCUT2D eigenvalue weighted by Crippen LogP contribution is -2.40. The van der Waals surface area contributed by atoms with Gasteiger partial charge in [-0.25, -0.2) is 13.1 Å². The predicted molar refractivity (Wildman–Crippen MR) is 79.6 cm³/mol. The molecule has 1 aliphatic heterocycles. The van der Waals surface area contributed by atoms with E-state index in [0.29, 0.717) is 11.4 Å². The average molecular weight is 347 g/mol. The smallest absolute Gasteiger partial charge is 0.240 e. The third kappa shape index (κ3) is 4.02. The summed E-state index contributed by atoms with van der Waals surface area (Å²) in [5, 5.41) is 0. The molecule has 0 amide bonds. The fraction of sp³-hybridized carbons (Fsp3) is 0.538. The number of likely N-dealkylation sites (tertiary alicyclic amines) is 1. The standard InChI is InChI=1S/C13H19BrN2O2S/c1-11(16-8-2-3-9-16)10-15-19(17,18)13-6-4-12(14)5-7-13/h4-7,11,15H,2-3,8-10H2,1H3. The number of sulfonamides is 1. The molecule has 0 spiro atoms. The molecule has 6 heteroatoms. The van der Waals surface area contributed by atoms with Crippen LogP contribution in [-0.4, -0.2) is 39.0 Å². The van der Waals surface area contributed by atoms with Gasteiger partial charge in [-0.2, -0.15) is 0 Å². The largest absolute Gasteiger partial charge is 0.299 e. The van der Waals surface area contributed by atoms with Gasteiger partial charge in [0.2, 0.25) is 10.0 Å². The Kier molecular flexibility index (Phi) is 5.00. The van der Waals surface area contributed by atoms with E-state index in [-0.39, 0.29) is 6.04 Å². The fourth-order valence-corrected chi connectivity index (χ4v) is 3.62. The highest BCUT2D eigenvalue weighted by Crippen LogP contribution is 2.15. The molecule has 2 rings (SSSR count). The van der Waals surface area contributed by atoms with E-state index in [9.17, 15) is 8.42 Å². The highest BCUT2D eigenvalue weighted by molar-refractivity contribution is 9.10. The summed E-state index contributed by atoms with van der Waals surface area (Å²) in [6.45, 7) is 4.66. The maximum atomic E-state index is 12.1. The number of nitrogens with one attached hydrogen (secondary N) is 1. The average Bonchev–Trinajstić information content (AvgIpc) is 2.90. The van der Waals surface area contributed by atoms with Crippen LogP contribution in [0.25, 0.3) is 0 Å². The van der Waals surface area contributed by atoms with Crippen LogP contribution < -0.4 is 4.72 Å². The second-order valence-electron chi connectivity index (χ2n) is 4.90. The zero-order valence-corrected chi connectivity index (χ0v) is 13.4. The number of benzene rings is 1. The Morgan fingerprint density at radius 1 is 1.26 bits per heavy atom. The summed E-state index contributed by atoms with van der Waals surface area (Å²) in [5.41, 5.74) is 0. The molecule has 1 saturated heterocycles. The van der Waals surface area contributed by atoms with Crippen molar-refractivity contribution in [2.24, 2.45) is 0 Å². The van der Waals surface area contributed by atoms with E-state index in [2.05, 4.69) is 32.5 Å². The van der Waals surface area contributed by atoms with Crippen LogP contribution in [0.4, 0.5) is 0 Å². The molecule has 19 heavy (non-hydrogen) atoms. The number of hydrogen-bond donors (Lipinski definition) is 1. The van der Waals surface area contributed by atoms with Crippen LogP contribution in [0.15, 0.2) is 33.6 Å². The lowest BCUT2D eigenvalue weighted by atomic mass is 10.3. The Hall–Kier alpha value is -0.430. The maximum absolute atomic E-state index is 12.1. The highest BCUT2D eigenvalue weighted by atomic mass is 79.9. The topological polar surface area (TPSA) is 49.4 Å². The second kappa shape index (κ2) is 6.35. The van der Waals surface area contributed by atoms with E-state index in [1.807, 2.05) is 0 Å². The summed E-state index contributed by atoms with van der Waals surface area (Å²) in [6, 6.07) is 6.92. The van der Waals surface area contributed by atoms with Gasteiger partial charge in [0, 0.05) is 17.1 Å². The molecule has 0 radical (unpaired) electrons. The van der Waals surface area contributed by atoms with E-state index in [4.69, 9.17) is 0 Å². The van der Waals surface area contributed by atoms with Crippen LogP contribution in [-0.2, 0) is 10.0 Å². The maximum Gasteiger partial charge on any atom is 0.240 e. The molecular formula is C13H19BrN2O2S. The Morgan fingerprint density at radius 2 is 1.84 bits per heavy atom. The molecule has 1 aromatic rings. The third-order valence-electron chi connectivity index (χ3n) is 3.46. The number of hydrogen-bond acceptors (Lipinski definition) is 3. The molecule has 106 valence electrons. The zero-order chi connectivity index (χ0) is 13.9. The van der Waals surface area contributed by atoms with Crippen LogP contribution in [0.5, 0.6) is 0 Å². The quantitative estimate of drug-likeness (QED) is 0.889. The van der Waals surface area contributed by atoms with Crippen LogP contribution >= 0.6 is 15.9 Å². The van der Waals surface area contributed by atoms with Gasteiger partial charge in [-0.05, 0) is 57.1 Å². The van der Waals surface area contributed by atoms with Crippen molar-refractivity contribution in [2.75, 3.05) is 19.6 Å². The van der Waals surface area contributed by atoms with Gasteiger partial charge in [0.05, 0.1) is 4.90 Å².